The van der Waals surface area contributed by atoms with Crippen LogP contribution in [0.4, 0.5) is 5.69 Å². The standard InChI is InChI=1S/C16H15ClN2O3/c1-11(13-3-2-4-14(17)10-13)18-16(20)9-12-5-7-15(8-6-12)19(21)22/h2-8,10-11H,9H2,1H3,(H,18,20)/t11-/m0/s1. The van der Waals surface area contributed by atoms with Crippen LogP contribution in [-0.4, -0.2) is 10.8 Å². The van der Waals surface area contributed by atoms with E-state index in [0.717, 1.165) is 11.1 Å². The molecule has 1 atom stereocenters. The van der Waals surface area contributed by atoms with Gasteiger partial charge in [-0.15, -0.1) is 0 Å². The second-order valence-corrected chi connectivity index (χ2v) is 5.38. The molecule has 22 heavy (non-hydrogen) atoms. The van der Waals surface area contributed by atoms with Crippen LogP contribution in [0.1, 0.15) is 24.1 Å². The first-order valence-electron chi connectivity index (χ1n) is 6.74. The van der Waals surface area contributed by atoms with Gasteiger partial charge < -0.3 is 5.32 Å². The van der Waals surface area contributed by atoms with Crippen LogP contribution in [0.15, 0.2) is 48.5 Å². The van der Waals surface area contributed by atoms with E-state index in [9.17, 15) is 14.9 Å². The second kappa shape index (κ2) is 7.04. The number of nitro groups is 1. The maximum Gasteiger partial charge on any atom is 0.269 e. The van der Waals surface area contributed by atoms with Gasteiger partial charge in [0, 0.05) is 17.2 Å². The van der Waals surface area contributed by atoms with Crippen LogP contribution >= 0.6 is 11.6 Å². The summed E-state index contributed by atoms with van der Waals surface area (Å²) in [4.78, 5) is 22.1. The maximum absolute atomic E-state index is 12.0. The SMILES string of the molecule is C[C@H](NC(=O)Cc1ccc([N+](=O)[O-])cc1)c1cccc(Cl)c1. The molecule has 0 aliphatic rings. The molecule has 0 spiro atoms. The van der Waals surface area contributed by atoms with E-state index in [0.29, 0.717) is 5.02 Å². The van der Waals surface area contributed by atoms with Crippen molar-refractivity contribution in [2.45, 2.75) is 19.4 Å². The number of benzene rings is 2. The Hall–Kier alpha value is -2.40. The summed E-state index contributed by atoms with van der Waals surface area (Å²) in [5.41, 5.74) is 1.65. The number of hydrogen-bond acceptors (Lipinski definition) is 3. The highest BCUT2D eigenvalue weighted by Gasteiger charge is 2.11. The summed E-state index contributed by atoms with van der Waals surface area (Å²) >= 11 is 5.93. The second-order valence-electron chi connectivity index (χ2n) is 4.94. The Bertz CT molecular complexity index is 686. The number of halogens is 1. The number of rotatable bonds is 5. The first kappa shape index (κ1) is 16.0. The highest BCUT2D eigenvalue weighted by Crippen LogP contribution is 2.18. The molecular weight excluding hydrogens is 304 g/mol. The molecule has 6 heteroatoms. The molecule has 1 N–H and O–H groups in total. The summed E-state index contributed by atoms with van der Waals surface area (Å²) in [5.74, 6) is -0.152. The van der Waals surface area contributed by atoms with Crippen LogP contribution in [-0.2, 0) is 11.2 Å². The number of amides is 1. The van der Waals surface area contributed by atoms with E-state index >= 15 is 0 Å². The smallest absolute Gasteiger partial charge is 0.269 e. The predicted molar refractivity (Wildman–Crippen MR) is 84.8 cm³/mol. The fraction of sp³-hybridized carbons (Fsp3) is 0.188. The van der Waals surface area contributed by atoms with Gasteiger partial charge in [-0.2, -0.15) is 0 Å². The third-order valence-electron chi connectivity index (χ3n) is 3.24. The van der Waals surface area contributed by atoms with Crippen LogP contribution in [0.2, 0.25) is 5.02 Å². The molecule has 0 unspecified atom stereocenters. The lowest BCUT2D eigenvalue weighted by molar-refractivity contribution is -0.384. The molecule has 0 heterocycles. The highest BCUT2D eigenvalue weighted by atomic mass is 35.5. The first-order valence-corrected chi connectivity index (χ1v) is 7.11. The summed E-state index contributed by atoms with van der Waals surface area (Å²) in [6.45, 7) is 1.87. The molecule has 0 bridgehead atoms. The van der Waals surface area contributed by atoms with Crippen molar-refractivity contribution < 1.29 is 9.72 Å². The van der Waals surface area contributed by atoms with Crippen LogP contribution in [0.5, 0.6) is 0 Å². The topological polar surface area (TPSA) is 72.2 Å². The minimum absolute atomic E-state index is 0.0106. The van der Waals surface area contributed by atoms with E-state index in [1.54, 1.807) is 24.3 Å². The Morgan fingerprint density at radius 1 is 1.27 bits per heavy atom. The molecule has 0 fully saturated rings. The molecule has 0 saturated heterocycles. The van der Waals surface area contributed by atoms with Gasteiger partial charge in [-0.05, 0) is 30.2 Å². The lowest BCUT2D eigenvalue weighted by Crippen LogP contribution is -2.28. The van der Waals surface area contributed by atoms with Crippen LogP contribution in [0.3, 0.4) is 0 Å². The van der Waals surface area contributed by atoms with Crippen molar-refractivity contribution >= 4 is 23.2 Å². The van der Waals surface area contributed by atoms with Crippen molar-refractivity contribution in [3.8, 4) is 0 Å². The lowest BCUT2D eigenvalue weighted by Gasteiger charge is -2.14. The van der Waals surface area contributed by atoms with Crippen molar-refractivity contribution in [3.05, 3.63) is 74.8 Å². The zero-order valence-corrected chi connectivity index (χ0v) is 12.7. The zero-order valence-electron chi connectivity index (χ0n) is 12.0. The molecule has 114 valence electrons. The van der Waals surface area contributed by atoms with Gasteiger partial charge in [0.1, 0.15) is 0 Å². The van der Waals surface area contributed by atoms with E-state index in [-0.39, 0.29) is 24.1 Å². The summed E-state index contributed by atoms with van der Waals surface area (Å²) in [7, 11) is 0. The number of nitrogens with one attached hydrogen (secondary N) is 1. The van der Waals surface area contributed by atoms with Crippen molar-refractivity contribution in [1.82, 2.24) is 5.32 Å². The van der Waals surface area contributed by atoms with Gasteiger partial charge in [-0.1, -0.05) is 35.9 Å². The van der Waals surface area contributed by atoms with Crippen molar-refractivity contribution in [1.29, 1.82) is 0 Å². The fourth-order valence-electron chi connectivity index (χ4n) is 2.07. The molecule has 0 saturated carbocycles. The number of hydrogen-bond donors (Lipinski definition) is 1. The van der Waals surface area contributed by atoms with E-state index < -0.39 is 4.92 Å². The Labute approximate surface area is 133 Å². The van der Waals surface area contributed by atoms with Gasteiger partial charge in [0.05, 0.1) is 17.4 Å². The molecule has 0 aromatic heterocycles. The first-order chi connectivity index (χ1) is 10.5. The van der Waals surface area contributed by atoms with Gasteiger partial charge in [0.2, 0.25) is 5.91 Å². The van der Waals surface area contributed by atoms with E-state index in [1.807, 2.05) is 19.1 Å². The Morgan fingerprint density at radius 3 is 2.55 bits per heavy atom. The molecule has 2 aromatic rings. The average molecular weight is 319 g/mol. The van der Waals surface area contributed by atoms with Crippen molar-refractivity contribution in [2.24, 2.45) is 0 Å². The van der Waals surface area contributed by atoms with Crippen LogP contribution in [0, 0.1) is 10.1 Å². The summed E-state index contributed by atoms with van der Waals surface area (Å²) in [5, 5.41) is 14.1. The fourth-order valence-corrected chi connectivity index (χ4v) is 2.27. The van der Waals surface area contributed by atoms with Crippen molar-refractivity contribution in [2.75, 3.05) is 0 Å². The molecular formula is C16H15ClN2O3. The van der Waals surface area contributed by atoms with E-state index in [1.165, 1.54) is 12.1 Å². The van der Waals surface area contributed by atoms with Gasteiger partial charge in [0.25, 0.3) is 5.69 Å². The summed E-state index contributed by atoms with van der Waals surface area (Å²) in [6.07, 6.45) is 0.170. The number of nitrogens with zero attached hydrogens (tertiary/aromatic N) is 1. The van der Waals surface area contributed by atoms with Crippen molar-refractivity contribution in [3.63, 3.8) is 0 Å². The van der Waals surface area contributed by atoms with Gasteiger partial charge in [-0.25, -0.2) is 0 Å². The molecule has 2 rings (SSSR count). The van der Waals surface area contributed by atoms with Crippen LogP contribution in [0.25, 0.3) is 0 Å². The normalized spacial score (nSPS) is 11.7. The molecule has 5 nitrogen and oxygen atoms in total. The lowest BCUT2D eigenvalue weighted by atomic mass is 10.1. The largest absolute Gasteiger partial charge is 0.349 e. The predicted octanol–water partition coefficient (Wildman–Crippen LogP) is 3.67. The number of carbonyl (C=O) groups is 1. The number of nitro benzene ring substituents is 1. The summed E-state index contributed by atoms with van der Waals surface area (Å²) < 4.78 is 0. The van der Waals surface area contributed by atoms with Gasteiger partial charge in [0.15, 0.2) is 0 Å². The minimum Gasteiger partial charge on any atom is -0.349 e. The van der Waals surface area contributed by atoms with Gasteiger partial charge >= 0.3 is 0 Å². The monoisotopic (exact) mass is 318 g/mol. The van der Waals surface area contributed by atoms with Crippen LogP contribution < -0.4 is 5.32 Å². The maximum atomic E-state index is 12.0. The molecule has 1 amide bonds. The van der Waals surface area contributed by atoms with Gasteiger partial charge in [-0.3, -0.25) is 14.9 Å². The quantitative estimate of drug-likeness (QED) is 0.675. The number of non-ortho nitro benzene ring substituents is 1. The van der Waals surface area contributed by atoms with E-state index in [2.05, 4.69) is 5.32 Å². The summed E-state index contributed by atoms with van der Waals surface area (Å²) in [6, 6.07) is 13.1. The molecule has 2 aromatic carbocycles. The minimum atomic E-state index is -0.467. The molecule has 0 aliphatic heterocycles. The Balaban J connectivity index is 1.96. The number of carbonyl (C=O) groups excluding carboxylic acids is 1. The Kier molecular flexibility index (Phi) is 5.12. The third-order valence-corrected chi connectivity index (χ3v) is 3.47. The van der Waals surface area contributed by atoms with E-state index in [4.69, 9.17) is 11.6 Å². The average Bonchev–Trinajstić information content (AvgIpc) is 2.47. The molecule has 0 aliphatic carbocycles. The third kappa shape index (κ3) is 4.30. The molecule has 0 radical (unpaired) electrons. The Morgan fingerprint density at radius 2 is 1.95 bits per heavy atom. The zero-order chi connectivity index (χ0) is 16.1. The highest BCUT2D eigenvalue weighted by molar-refractivity contribution is 6.30.